The largest absolute Gasteiger partial charge is 0.493 e. The lowest BCUT2D eigenvalue weighted by Gasteiger charge is -2.34. The number of nitrogens with zero attached hydrogens (tertiary/aromatic N) is 1. The molecule has 25 heavy (non-hydrogen) atoms. The first-order chi connectivity index (χ1) is 11.8. The number of carbonyl (C=O) groups excluding carboxylic acids is 1. The maximum absolute atomic E-state index is 12.5. The van der Waals surface area contributed by atoms with E-state index in [1.165, 1.54) is 0 Å². The second-order valence-electron chi connectivity index (χ2n) is 6.74. The van der Waals surface area contributed by atoms with Crippen molar-refractivity contribution in [1.82, 2.24) is 4.90 Å². The third-order valence-electron chi connectivity index (χ3n) is 4.07. The third-order valence-corrected chi connectivity index (χ3v) is 4.07. The van der Waals surface area contributed by atoms with E-state index in [1.807, 2.05) is 20.8 Å². The van der Waals surface area contributed by atoms with Crippen molar-refractivity contribution in [2.24, 2.45) is 11.8 Å². The number of hydrogen-bond donors (Lipinski definition) is 2. The number of carboxylic acids is 1. The fourth-order valence-electron chi connectivity index (χ4n) is 3.00. The Morgan fingerprint density at radius 2 is 2.00 bits per heavy atom. The zero-order valence-electron chi connectivity index (χ0n) is 15.1. The van der Waals surface area contributed by atoms with E-state index in [9.17, 15) is 14.7 Å². The number of piperidine rings is 1. The van der Waals surface area contributed by atoms with E-state index >= 15 is 0 Å². The fraction of sp³-hybridized carbons (Fsp3) is 0.556. The molecule has 2 N–H and O–H groups in total. The molecule has 2 atom stereocenters. The normalized spacial score (nSPS) is 20.3. The summed E-state index contributed by atoms with van der Waals surface area (Å²) in [6, 6.07) is 4.86. The van der Waals surface area contributed by atoms with Gasteiger partial charge in [-0.2, -0.15) is 0 Å². The number of anilines is 1. The van der Waals surface area contributed by atoms with Crippen LogP contribution >= 0.6 is 0 Å². The lowest BCUT2D eigenvalue weighted by molar-refractivity contribution is -0.143. The first kappa shape index (κ1) is 18.9. The van der Waals surface area contributed by atoms with Gasteiger partial charge in [-0.25, -0.2) is 4.79 Å². The highest BCUT2D eigenvalue weighted by atomic mass is 16.5. The molecule has 1 heterocycles. The van der Waals surface area contributed by atoms with Gasteiger partial charge in [0.05, 0.1) is 19.1 Å². The summed E-state index contributed by atoms with van der Waals surface area (Å²) in [7, 11) is 1.56. The minimum absolute atomic E-state index is 0.0286. The molecule has 0 radical (unpaired) electrons. The van der Waals surface area contributed by atoms with Gasteiger partial charge in [0.25, 0.3) is 0 Å². The second-order valence-corrected chi connectivity index (χ2v) is 6.74. The zero-order chi connectivity index (χ0) is 18.6. The van der Waals surface area contributed by atoms with Gasteiger partial charge < -0.3 is 24.8 Å². The van der Waals surface area contributed by atoms with E-state index in [4.69, 9.17) is 9.47 Å². The molecule has 7 heteroatoms. The van der Waals surface area contributed by atoms with Crippen molar-refractivity contribution in [3.63, 3.8) is 0 Å². The lowest BCUT2D eigenvalue weighted by atomic mass is 9.91. The van der Waals surface area contributed by atoms with Crippen LogP contribution in [0.5, 0.6) is 11.5 Å². The second kappa shape index (κ2) is 8.09. The van der Waals surface area contributed by atoms with E-state index in [2.05, 4.69) is 5.32 Å². The maximum atomic E-state index is 12.5. The Morgan fingerprint density at radius 1 is 1.28 bits per heavy atom. The number of ether oxygens (including phenoxy) is 2. The summed E-state index contributed by atoms with van der Waals surface area (Å²) in [5.74, 6) is -0.0992. The smallest absolute Gasteiger partial charge is 0.321 e. The van der Waals surface area contributed by atoms with Crippen LogP contribution < -0.4 is 14.8 Å². The van der Waals surface area contributed by atoms with Crippen molar-refractivity contribution >= 4 is 17.7 Å². The number of urea groups is 1. The van der Waals surface area contributed by atoms with Crippen LogP contribution in [0.1, 0.15) is 27.2 Å². The summed E-state index contributed by atoms with van der Waals surface area (Å²) < 4.78 is 11.0. The number of carboxylic acid groups (broad SMARTS) is 1. The Balaban J connectivity index is 2.10. The fourth-order valence-corrected chi connectivity index (χ4v) is 3.00. The van der Waals surface area contributed by atoms with Crippen LogP contribution in [0.2, 0.25) is 0 Å². The molecule has 1 fully saturated rings. The van der Waals surface area contributed by atoms with Crippen molar-refractivity contribution in [2.75, 3.05) is 25.5 Å². The molecule has 0 spiro atoms. The van der Waals surface area contributed by atoms with E-state index in [1.54, 1.807) is 30.2 Å². The van der Waals surface area contributed by atoms with Gasteiger partial charge in [-0.15, -0.1) is 0 Å². The van der Waals surface area contributed by atoms with Crippen LogP contribution in [0.3, 0.4) is 0 Å². The van der Waals surface area contributed by atoms with Crippen LogP contribution in [0, 0.1) is 11.8 Å². The first-order valence-electron chi connectivity index (χ1n) is 8.43. The van der Waals surface area contributed by atoms with E-state index in [-0.39, 0.29) is 24.6 Å². The minimum Gasteiger partial charge on any atom is -0.493 e. The highest BCUT2D eigenvalue weighted by molar-refractivity contribution is 5.90. The molecule has 2 unspecified atom stereocenters. The molecule has 0 bridgehead atoms. The average molecular weight is 350 g/mol. The number of carbonyl (C=O) groups is 2. The molecule has 0 saturated carbocycles. The van der Waals surface area contributed by atoms with Gasteiger partial charge in [-0.1, -0.05) is 6.92 Å². The number of hydrogen-bond acceptors (Lipinski definition) is 4. The summed E-state index contributed by atoms with van der Waals surface area (Å²) in [6.45, 7) is 6.53. The Bertz CT molecular complexity index is 632. The number of likely N-dealkylation sites (tertiary alicyclic amines) is 1. The molecular weight excluding hydrogens is 324 g/mol. The molecule has 0 aliphatic carbocycles. The van der Waals surface area contributed by atoms with Gasteiger partial charge in [0.15, 0.2) is 11.5 Å². The number of nitrogens with one attached hydrogen (secondary N) is 1. The van der Waals surface area contributed by atoms with Gasteiger partial charge in [0.1, 0.15) is 0 Å². The van der Waals surface area contributed by atoms with Crippen LogP contribution in [-0.2, 0) is 4.79 Å². The predicted molar refractivity (Wildman–Crippen MR) is 94.3 cm³/mol. The Hall–Kier alpha value is -2.44. The highest BCUT2D eigenvalue weighted by Crippen LogP contribution is 2.31. The van der Waals surface area contributed by atoms with Crippen LogP contribution in [0.15, 0.2) is 18.2 Å². The molecule has 7 nitrogen and oxygen atoms in total. The number of amides is 2. The van der Waals surface area contributed by atoms with Crippen LogP contribution in [-0.4, -0.2) is 48.3 Å². The number of aliphatic carboxylic acids is 1. The summed E-state index contributed by atoms with van der Waals surface area (Å²) in [6.07, 6.45) is 0.563. The van der Waals surface area contributed by atoms with Gasteiger partial charge in [-0.3, -0.25) is 4.79 Å². The predicted octanol–water partition coefficient (Wildman–Crippen LogP) is 3.06. The van der Waals surface area contributed by atoms with E-state index in [0.29, 0.717) is 30.2 Å². The SMILES string of the molecule is COc1ccc(NC(=O)N2CC(C)CC(C(=O)O)C2)cc1OC(C)C. The average Bonchev–Trinajstić information content (AvgIpc) is 2.54. The third kappa shape index (κ3) is 5.01. The maximum Gasteiger partial charge on any atom is 0.321 e. The quantitative estimate of drug-likeness (QED) is 0.852. The van der Waals surface area contributed by atoms with Crippen molar-refractivity contribution in [1.29, 1.82) is 0 Å². The summed E-state index contributed by atoms with van der Waals surface area (Å²) >= 11 is 0. The van der Waals surface area contributed by atoms with E-state index < -0.39 is 11.9 Å². The zero-order valence-corrected chi connectivity index (χ0v) is 15.1. The Labute approximate surface area is 147 Å². The van der Waals surface area contributed by atoms with Crippen LogP contribution in [0.4, 0.5) is 10.5 Å². The molecule has 138 valence electrons. The highest BCUT2D eigenvalue weighted by Gasteiger charge is 2.32. The standard InChI is InChI=1S/C18H26N2O5/c1-11(2)25-16-8-14(5-6-15(16)24-4)19-18(23)20-9-12(3)7-13(10-20)17(21)22/h5-6,8,11-13H,7,9-10H2,1-4H3,(H,19,23)(H,21,22). The molecule has 1 aromatic carbocycles. The Kier molecular flexibility index (Phi) is 6.12. The monoisotopic (exact) mass is 350 g/mol. The molecule has 1 aliphatic heterocycles. The number of methoxy groups -OCH3 is 1. The first-order valence-corrected chi connectivity index (χ1v) is 8.43. The van der Waals surface area contributed by atoms with Crippen molar-refractivity contribution in [2.45, 2.75) is 33.3 Å². The molecule has 1 aliphatic rings. The van der Waals surface area contributed by atoms with Gasteiger partial charge in [-0.05, 0) is 38.3 Å². The molecule has 1 aromatic rings. The van der Waals surface area contributed by atoms with Crippen LogP contribution in [0.25, 0.3) is 0 Å². The lowest BCUT2D eigenvalue weighted by Crippen LogP contribution is -2.47. The minimum atomic E-state index is -0.860. The Morgan fingerprint density at radius 3 is 2.60 bits per heavy atom. The topological polar surface area (TPSA) is 88.1 Å². The summed E-state index contributed by atoms with van der Waals surface area (Å²) in [5, 5.41) is 12.0. The van der Waals surface area contributed by atoms with Crippen molar-refractivity contribution in [3.05, 3.63) is 18.2 Å². The van der Waals surface area contributed by atoms with Gasteiger partial charge >= 0.3 is 12.0 Å². The number of benzene rings is 1. The van der Waals surface area contributed by atoms with E-state index in [0.717, 1.165) is 0 Å². The van der Waals surface area contributed by atoms with Crippen molar-refractivity contribution < 1.29 is 24.2 Å². The molecular formula is C18H26N2O5. The summed E-state index contributed by atoms with van der Waals surface area (Å²) in [5.41, 5.74) is 0.576. The molecule has 2 rings (SSSR count). The van der Waals surface area contributed by atoms with Gasteiger partial charge in [0.2, 0.25) is 0 Å². The van der Waals surface area contributed by atoms with Gasteiger partial charge in [0, 0.05) is 24.8 Å². The number of rotatable bonds is 5. The molecule has 2 amide bonds. The van der Waals surface area contributed by atoms with Crippen molar-refractivity contribution in [3.8, 4) is 11.5 Å². The molecule has 1 saturated heterocycles. The molecule has 0 aromatic heterocycles. The summed E-state index contributed by atoms with van der Waals surface area (Å²) in [4.78, 5) is 25.3.